The van der Waals surface area contributed by atoms with E-state index >= 15 is 0 Å². The summed E-state index contributed by atoms with van der Waals surface area (Å²) in [5, 5.41) is 14.2. The second-order valence-corrected chi connectivity index (χ2v) is 5.59. The van der Waals surface area contributed by atoms with Crippen molar-refractivity contribution in [3.8, 4) is 5.75 Å². The van der Waals surface area contributed by atoms with Crippen LogP contribution in [0, 0.1) is 10.1 Å². The van der Waals surface area contributed by atoms with E-state index < -0.39 is 4.92 Å². The van der Waals surface area contributed by atoms with Crippen LogP contribution in [0.1, 0.15) is 5.56 Å². The Hall–Kier alpha value is -3.12. The Bertz CT molecular complexity index is 870. The van der Waals surface area contributed by atoms with Crippen molar-refractivity contribution in [1.29, 1.82) is 0 Å². The summed E-state index contributed by atoms with van der Waals surface area (Å²) >= 11 is 5.82. The Balaban J connectivity index is 1.69. The van der Waals surface area contributed by atoms with E-state index in [-0.39, 0.29) is 16.5 Å². The highest BCUT2D eigenvalue weighted by atomic mass is 35.5. The minimum atomic E-state index is -0.511. The lowest BCUT2D eigenvalue weighted by atomic mass is 10.2. The number of pyridine rings is 1. The Morgan fingerprint density at radius 3 is 2.52 bits per heavy atom. The number of rotatable bonds is 6. The summed E-state index contributed by atoms with van der Waals surface area (Å²) in [4.78, 5) is 14.3. The largest absolute Gasteiger partial charge is 0.489 e. The van der Waals surface area contributed by atoms with Gasteiger partial charge in [-0.3, -0.25) is 10.1 Å². The van der Waals surface area contributed by atoms with Gasteiger partial charge in [-0.05, 0) is 29.8 Å². The molecule has 0 aliphatic heterocycles. The van der Waals surface area contributed by atoms with Crippen molar-refractivity contribution in [2.45, 2.75) is 6.61 Å². The summed E-state index contributed by atoms with van der Waals surface area (Å²) in [6.07, 6.45) is 1.13. The van der Waals surface area contributed by atoms with E-state index in [4.69, 9.17) is 16.3 Å². The van der Waals surface area contributed by atoms with Crippen LogP contribution >= 0.6 is 11.6 Å². The second kappa shape index (κ2) is 7.63. The molecule has 0 spiro atoms. The lowest BCUT2D eigenvalue weighted by Crippen LogP contribution is -1.98. The average molecular weight is 356 g/mol. The van der Waals surface area contributed by atoms with Crippen molar-refractivity contribution >= 4 is 28.7 Å². The molecule has 0 aliphatic carbocycles. The first kappa shape index (κ1) is 16.7. The highest BCUT2D eigenvalue weighted by Crippen LogP contribution is 2.29. The summed E-state index contributed by atoms with van der Waals surface area (Å²) in [6.45, 7) is 0.471. The van der Waals surface area contributed by atoms with Crippen molar-refractivity contribution in [2.75, 3.05) is 5.32 Å². The fraction of sp³-hybridized carbons (Fsp3) is 0.0556. The van der Waals surface area contributed by atoms with E-state index in [1.165, 1.54) is 6.07 Å². The van der Waals surface area contributed by atoms with Crippen LogP contribution in [0.5, 0.6) is 5.75 Å². The molecule has 1 heterocycles. The fourth-order valence-electron chi connectivity index (χ4n) is 2.20. The van der Waals surface area contributed by atoms with Crippen molar-refractivity contribution in [1.82, 2.24) is 4.98 Å². The maximum absolute atomic E-state index is 11.1. The van der Waals surface area contributed by atoms with Crippen LogP contribution in [0.15, 0.2) is 66.9 Å². The molecule has 25 heavy (non-hydrogen) atoms. The molecule has 0 unspecified atom stereocenters. The van der Waals surface area contributed by atoms with Crippen LogP contribution in [-0.2, 0) is 6.61 Å². The first-order valence-electron chi connectivity index (χ1n) is 7.45. The molecule has 0 atom stereocenters. The molecular formula is C18H14ClN3O3. The third-order valence-corrected chi connectivity index (χ3v) is 3.63. The van der Waals surface area contributed by atoms with Gasteiger partial charge in [0, 0.05) is 11.8 Å². The number of hydrogen-bond acceptors (Lipinski definition) is 5. The van der Waals surface area contributed by atoms with Crippen LogP contribution in [0.3, 0.4) is 0 Å². The molecule has 3 rings (SSSR count). The quantitative estimate of drug-likeness (QED) is 0.384. The van der Waals surface area contributed by atoms with Gasteiger partial charge in [0.2, 0.25) is 0 Å². The number of anilines is 2. The van der Waals surface area contributed by atoms with Crippen molar-refractivity contribution < 1.29 is 9.66 Å². The normalized spacial score (nSPS) is 10.3. The Labute approximate surface area is 149 Å². The van der Waals surface area contributed by atoms with Gasteiger partial charge in [-0.2, -0.15) is 0 Å². The molecule has 0 saturated heterocycles. The number of ether oxygens (including phenoxy) is 1. The van der Waals surface area contributed by atoms with E-state index in [1.807, 2.05) is 30.3 Å². The smallest absolute Gasteiger partial charge is 0.310 e. The molecular weight excluding hydrogens is 342 g/mol. The molecule has 0 fully saturated rings. The number of nitrogens with one attached hydrogen (secondary N) is 1. The fourth-order valence-corrected chi connectivity index (χ4v) is 2.36. The highest BCUT2D eigenvalue weighted by molar-refractivity contribution is 6.29. The molecule has 0 amide bonds. The number of hydrogen-bond donors (Lipinski definition) is 1. The first-order valence-corrected chi connectivity index (χ1v) is 7.83. The van der Waals surface area contributed by atoms with E-state index in [9.17, 15) is 10.1 Å². The zero-order valence-corrected chi connectivity index (χ0v) is 13.8. The number of halogens is 1. The van der Waals surface area contributed by atoms with Gasteiger partial charge in [0.15, 0.2) is 0 Å². The van der Waals surface area contributed by atoms with Crippen LogP contribution in [0.4, 0.5) is 17.1 Å². The average Bonchev–Trinajstić information content (AvgIpc) is 2.62. The maximum Gasteiger partial charge on any atom is 0.310 e. The summed E-state index contributed by atoms with van der Waals surface area (Å²) in [5.41, 5.74) is 1.89. The zero-order valence-electron chi connectivity index (χ0n) is 13.1. The van der Waals surface area contributed by atoms with Gasteiger partial charge in [0.1, 0.15) is 29.4 Å². The summed E-state index contributed by atoms with van der Waals surface area (Å²) < 4.78 is 5.71. The van der Waals surface area contributed by atoms with Gasteiger partial charge in [-0.25, -0.2) is 4.98 Å². The molecule has 0 saturated carbocycles. The van der Waals surface area contributed by atoms with Crippen LogP contribution < -0.4 is 10.1 Å². The van der Waals surface area contributed by atoms with Gasteiger partial charge >= 0.3 is 5.69 Å². The molecule has 2 aromatic carbocycles. The molecule has 0 radical (unpaired) electrons. The minimum Gasteiger partial charge on any atom is -0.489 e. The van der Waals surface area contributed by atoms with E-state index in [0.29, 0.717) is 18.0 Å². The van der Waals surface area contributed by atoms with Gasteiger partial charge in [0.25, 0.3) is 0 Å². The molecule has 1 N–H and O–H groups in total. The number of nitro groups is 1. The Kier molecular flexibility index (Phi) is 5.11. The van der Waals surface area contributed by atoms with Crippen LogP contribution in [0.25, 0.3) is 0 Å². The summed E-state index contributed by atoms with van der Waals surface area (Å²) in [6, 6.07) is 18.4. The van der Waals surface area contributed by atoms with Gasteiger partial charge in [0.05, 0.1) is 4.92 Å². The predicted octanol–water partition coefficient (Wildman–Crippen LogP) is 4.97. The molecule has 1 aromatic heterocycles. The van der Waals surface area contributed by atoms with Crippen molar-refractivity contribution in [3.63, 3.8) is 0 Å². The lowest BCUT2D eigenvalue weighted by Gasteiger charge is -2.09. The summed E-state index contributed by atoms with van der Waals surface area (Å²) in [5.74, 6) is 0.705. The van der Waals surface area contributed by atoms with E-state index in [1.54, 1.807) is 24.3 Å². The van der Waals surface area contributed by atoms with Gasteiger partial charge in [-0.15, -0.1) is 0 Å². The predicted molar refractivity (Wildman–Crippen MR) is 96.4 cm³/mol. The lowest BCUT2D eigenvalue weighted by molar-refractivity contribution is -0.384. The van der Waals surface area contributed by atoms with Crippen LogP contribution in [0.2, 0.25) is 5.15 Å². The van der Waals surface area contributed by atoms with Gasteiger partial charge in [-0.1, -0.05) is 41.9 Å². The van der Waals surface area contributed by atoms with Crippen molar-refractivity contribution in [2.24, 2.45) is 0 Å². The van der Waals surface area contributed by atoms with Gasteiger partial charge < -0.3 is 10.1 Å². The molecule has 6 nitrogen and oxygen atoms in total. The van der Waals surface area contributed by atoms with E-state index in [0.717, 1.165) is 11.8 Å². The standard InChI is InChI=1S/C18H14ClN3O3/c19-18-10-16(17(11-20-18)22(23)24)21-14-6-8-15(9-7-14)25-12-13-4-2-1-3-5-13/h1-11H,12H2,(H,20,21). The van der Waals surface area contributed by atoms with E-state index in [2.05, 4.69) is 10.3 Å². The highest BCUT2D eigenvalue weighted by Gasteiger charge is 2.15. The molecule has 0 aliphatic rings. The van der Waals surface area contributed by atoms with Crippen molar-refractivity contribution in [3.05, 3.63) is 87.7 Å². The number of nitrogens with zero attached hydrogens (tertiary/aromatic N) is 2. The molecule has 0 bridgehead atoms. The maximum atomic E-state index is 11.1. The zero-order chi connectivity index (χ0) is 17.6. The van der Waals surface area contributed by atoms with Crippen LogP contribution in [-0.4, -0.2) is 9.91 Å². The third kappa shape index (κ3) is 4.45. The first-order chi connectivity index (χ1) is 12.1. The monoisotopic (exact) mass is 355 g/mol. The minimum absolute atomic E-state index is 0.145. The molecule has 3 aromatic rings. The Morgan fingerprint density at radius 1 is 1.12 bits per heavy atom. The molecule has 7 heteroatoms. The SMILES string of the molecule is O=[N+]([O-])c1cnc(Cl)cc1Nc1ccc(OCc2ccccc2)cc1. The number of aromatic nitrogens is 1. The Morgan fingerprint density at radius 2 is 1.84 bits per heavy atom. The number of benzene rings is 2. The summed E-state index contributed by atoms with van der Waals surface area (Å²) in [7, 11) is 0. The molecule has 126 valence electrons. The second-order valence-electron chi connectivity index (χ2n) is 5.20. The third-order valence-electron chi connectivity index (χ3n) is 3.43. The topological polar surface area (TPSA) is 77.3 Å².